The lowest BCUT2D eigenvalue weighted by Crippen LogP contribution is -2.35. The number of ketones is 1. The molecule has 12 heteroatoms. The summed E-state index contributed by atoms with van der Waals surface area (Å²) in [5.41, 5.74) is -1.41. The number of benzene rings is 1. The van der Waals surface area contributed by atoms with Crippen LogP contribution >= 0.6 is 0 Å². The largest absolute Gasteiger partial charge is 0.511 e. The number of carbonyl (C=O) groups is 3. The van der Waals surface area contributed by atoms with Crippen molar-refractivity contribution in [2.75, 3.05) is 6.61 Å². The van der Waals surface area contributed by atoms with Gasteiger partial charge in [-0.15, -0.1) is 0 Å². The lowest BCUT2D eigenvalue weighted by molar-refractivity contribution is -0.0615. The summed E-state index contributed by atoms with van der Waals surface area (Å²) >= 11 is 0. The topological polar surface area (TPSA) is 122 Å². The number of amides is 1. The Hall–Kier alpha value is -3.80. The predicted molar refractivity (Wildman–Crippen MR) is 135 cm³/mol. The van der Waals surface area contributed by atoms with Gasteiger partial charge < -0.3 is 28.8 Å². The molecule has 1 amide bonds. The molecule has 39 heavy (non-hydrogen) atoms. The first-order valence-electron chi connectivity index (χ1n) is 12.6. The van der Waals surface area contributed by atoms with Crippen LogP contribution in [0.25, 0.3) is 0 Å². The second kappa shape index (κ2) is 13.3. The van der Waals surface area contributed by atoms with Gasteiger partial charge in [-0.3, -0.25) is 14.4 Å². The van der Waals surface area contributed by atoms with Gasteiger partial charge in [0.2, 0.25) is 11.7 Å². The van der Waals surface area contributed by atoms with E-state index >= 15 is 0 Å². The van der Waals surface area contributed by atoms with Crippen LogP contribution in [0.3, 0.4) is 0 Å². The number of pyridine rings is 1. The van der Waals surface area contributed by atoms with Crippen LogP contribution < -0.4 is 15.5 Å². The number of hydrogen-bond acceptors (Lipinski definition) is 8. The van der Waals surface area contributed by atoms with Gasteiger partial charge in [-0.2, -0.15) is 0 Å². The van der Waals surface area contributed by atoms with E-state index in [0.717, 1.165) is 6.07 Å². The summed E-state index contributed by atoms with van der Waals surface area (Å²) in [6.45, 7) is 6.56. The maximum Gasteiger partial charge on any atom is 0.511 e. The fraction of sp³-hybridized carbons (Fsp3) is 0.481. The molecule has 1 N–H and O–H groups in total. The van der Waals surface area contributed by atoms with Gasteiger partial charge >= 0.3 is 6.16 Å². The summed E-state index contributed by atoms with van der Waals surface area (Å²) < 4.78 is 50.1. The number of nitrogens with zero attached hydrogens (tertiary/aromatic N) is 1. The second-order valence-corrected chi connectivity index (χ2v) is 9.40. The van der Waals surface area contributed by atoms with Crippen LogP contribution in [0.1, 0.15) is 73.4 Å². The minimum absolute atomic E-state index is 0.00296. The van der Waals surface area contributed by atoms with Crippen LogP contribution in [0.4, 0.5) is 13.6 Å². The summed E-state index contributed by atoms with van der Waals surface area (Å²) in [5.74, 6) is -3.38. The third kappa shape index (κ3) is 8.09. The average Bonchev–Trinajstić information content (AvgIpc) is 2.84. The predicted octanol–water partition coefficient (Wildman–Crippen LogP) is 4.11. The number of rotatable bonds is 7. The molecule has 0 aliphatic carbocycles. The standard InChI is InChI=1S/C27H32F2N2O8/c1-15(2)37-27(35)39-17(4)38-25-23-22(32)7-5-6-10-36-16(3)13-31(23)14-20(24(25)33)26(34)30-12-18-8-9-19(28)11-21(18)29/h8-9,11,14-17H,5-7,10,12-13H2,1-4H3,(H,30,34)/t16-,17?/m1/s1. The minimum atomic E-state index is -1.35. The van der Waals surface area contributed by atoms with Crippen LogP contribution in [0.2, 0.25) is 0 Å². The van der Waals surface area contributed by atoms with E-state index in [1.54, 1.807) is 20.8 Å². The molecule has 3 rings (SSSR count). The van der Waals surface area contributed by atoms with Crippen LogP contribution in [-0.2, 0) is 27.3 Å². The van der Waals surface area contributed by atoms with E-state index in [1.165, 1.54) is 23.8 Å². The average molecular weight is 551 g/mol. The van der Waals surface area contributed by atoms with Crippen molar-refractivity contribution < 1.29 is 42.1 Å². The second-order valence-electron chi connectivity index (χ2n) is 9.40. The Labute approximate surface area is 224 Å². The molecule has 1 aromatic heterocycles. The van der Waals surface area contributed by atoms with Crippen molar-refractivity contribution in [3.05, 3.63) is 63.1 Å². The molecule has 2 atom stereocenters. The Balaban J connectivity index is 2.01. The highest BCUT2D eigenvalue weighted by Gasteiger charge is 2.29. The highest BCUT2D eigenvalue weighted by Crippen LogP contribution is 2.23. The molecular formula is C27H32F2N2O8. The molecule has 1 aliphatic heterocycles. The lowest BCUT2D eigenvalue weighted by atomic mass is 10.1. The molecule has 0 saturated heterocycles. The SMILES string of the molecule is CC(C)OC(=O)OC(C)Oc1c2n(cc(C(=O)NCc3ccc(F)cc3F)c1=O)C[C@@H](C)OCCCCC2=O. The van der Waals surface area contributed by atoms with E-state index in [4.69, 9.17) is 18.9 Å². The molecule has 0 bridgehead atoms. The summed E-state index contributed by atoms with van der Waals surface area (Å²) in [6, 6.07) is 2.89. The fourth-order valence-electron chi connectivity index (χ4n) is 3.94. The fourth-order valence-corrected chi connectivity index (χ4v) is 3.94. The summed E-state index contributed by atoms with van der Waals surface area (Å²) in [4.78, 5) is 51.8. The molecule has 2 heterocycles. The molecule has 0 radical (unpaired) electrons. The van der Waals surface area contributed by atoms with Crippen LogP contribution in [0, 0.1) is 11.6 Å². The summed E-state index contributed by atoms with van der Waals surface area (Å²) in [6.07, 6.45) is -0.802. The molecular weight excluding hydrogens is 518 g/mol. The molecule has 0 fully saturated rings. The molecule has 10 nitrogen and oxygen atoms in total. The maximum absolute atomic E-state index is 14.1. The Morgan fingerprint density at radius 1 is 1.15 bits per heavy atom. The Bertz CT molecular complexity index is 1280. The van der Waals surface area contributed by atoms with Gasteiger partial charge in [0.1, 0.15) is 22.9 Å². The zero-order valence-electron chi connectivity index (χ0n) is 22.3. The number of nitrogens with one attached hydrogen (secondary N) is 1. The van der Waals surface area contributed by atoms with Gasteiger partial charge in [-0.05, 0) is 39.7 Å². The van der Waals surface area contributed by atoms with Gasteiger partial charge in [-0.1, -0.05) is 6.07 Å². The van der Waals surface area contributed by atoms with E-state index in [2.05, 4.69) is 5.32 Å². The van der Waals surface area contributed by atoms with Crippen LogP contribution in [0.15, 0.2) is 29.2 Å². The third-order valence-electron chi connectivity index (χ3n) is 5.73. The first-order valence-corrected chi connectivity index (χ1v) is 12.6. The van der Waals surface area contributed by atoms with Gasteiger partial charge in [0.25, 0.3) is 5.91 Å². The Kier molecular flexibility index (Phi) is 10.2. The first-order chi connectivity index (χ1) is 18.5. The number of Topliss-reactive ketones (excluding diaryl/α,β-unsaturated/α-hetero) is 1. The van der Waals surface area contributed by atoms with Gasteiger partial charge in [0, 0.05) is 50.9 Å². The van der Waals surface area contributed by atoms with E-state index in [0.29, 0.717) is 25.5 Å². The molecule has 1 unspecified atom stereocenters. The van der Waals surface area contributed by atoms with E-state index in [1.807, 2.05) is 0 Å². The highest BCUT2D eigenvalue weighted by atomic mass is 19.1. The van der Waals surface area contributed by atoms with E-state index in [9.17, 15) is 28.0 Å². The Morgan fingerprint density at radius 2 is 1.90 bits per heavy atom. The smallest absolute Gasteiger partial charge is 0.448 e. The van der Waals surface area contributed by atoms with Crippen molar-refractivity contribution in [1.29, 1.82) is 0 Å². The molecule has 0 saturated carbocycles. The van der Waals surface area contributed by atoms with Crippen molar-refractivity contribution in [3.63, 3.8) is 0 Å². The van der Waals surface area contributed by atoms with Crippen molar-refractivity contribution in [2.24, 2.45) is 0 Å². The number of carbonyl (C=O) groups excluding carboxylic acids is 3. The zero-order valence-corrected chi connectivity index (χ0v) is 22.3. The monoisotopic (exact) mass is 550 g/mol. The van der Waals surface area contributed by atoms with Gasteiger partial charge in [0.15, 0.2) is 11.5 Å². The normalized spacial score (nSPS) is 16.7. The molecule has 212 valence electrons. The van der Waals surface area contributed by atoms with Crippen molar-refractivity contribution in [1.82, 2.24) is 9.88 Å². The lowest BCUT2D eigenvalue weighted by Gasteiger charge is -2.24. The van der Waals surface area contributed by atoms with E-state index < -0.39 is 58.6 Å². The van der Waals surface area contributed by atoms with E-state index in [-0.39, 0.29) is 36.9 Å². The quantitative estimate of drug-likeness (QED) is 0.404. The molecule has 1 aromatic carbocycles. The van der Waals surface area contributed by atoms with Crippen molar-refractivity contribution >= 4 is 17.8 Å². The number of ether oxygens (including phenoxy) is 4. The number of aromatic nitrogens is 1. The van der Waals surface area contributed by atoms with Crippen LogP contribution in [0.5, 0.6) is 5.75 Å². The van der Waals surface area contributed by atoms with Gasteiger partial charge in [-0.25, -0.2) is 13.6 Å². The molecule has 2 aromatic rings. The van der Waals surface area contributed by atoms with Crippen molar-refractivity contribution in [3.8, 4) is 5.75 Å². The number of fused-ring (bicyclic) bond motifs is 1. The Morgan fingerprint density at radius 3 is 2.59 bits per heavy atom. The first kappa shape index (κ1) is 29.8. The van der Waals surface area contributed by atoms with Gasteiger partial charge in [0.05, 0.1) is 12.2 Å². The zero-order chi connectivity index (χ0) is 28.7. The minimum Gasteiger partial charge on any atom is -0.448 e. The molecule has 0 spiro atoms. The van der Waals surface area contributed by atoms with Crippen LogP contribution in [-0.4, -0.2) is 47.5 Å². The summed E-state index contributed by atoms with van der Waals surface area (Å²) in [7, 11) is 0. The third-order valence-corrected chi connectivity index (χ3v) is 5.73. The van der Waals surface area contributed by atoms with Crippen molar-refractivity contribution in [2.45, 2.75) is 78.5 Å². The maximum atomic E-state index is 14.1. The number of halogens is 2. The summed E-state index contributed by atoms with van der Waals surface area (Å²) in [5, 5.41) is 2.44. The molecule has 1 aliphatic rings. The highest BCUT2D eigenvalue weighted by molar-refractivity contribution is 5.99. The number of hydrogen-bond donors (Lipinski definition) is 1.